The van der Waals surface area contributed by atoms with Gasteiger partial charge < -0.3 is 4.74 Å². The number of carbonyl (C=O) groups excluding carboxylic acids is 1. The van der Waals surface area contributed by atoms with Crippen molar-refractivity contribution in [1.82, 2.24) is 0 Å². The Morgan fingerprint density at radius 1 is 1.50 bits per heavy atom. The van der Waals surface area contributed by atoms with Gasteiger partial charge in [-0.25, -0.2) is 4.79 Å². The smallest absolute Gasteiger partial charge is 0.337 e. The number of aryl methyl sites for hydroxylation is 1. The van der Waals surface area contributed by atoms with Crippen LogP contribution >= 0.6 is 0 Å². The van der Waals surface area contributed by atoms with Crippen molar-refractivity contribution in [2.24, 2.45) is 0 Å². The monoisotopic (exact) mass is 162 g/mol. The zero-order chi connectivity index (χ0) is 9.14. The maximum Gasteiger partial charge on any atom is 0.337 e. The van der Waals surface area contributed by atoms with Gasteiger partial charge in [0.05, 0.1) is 12.7 Å². The van der Waals surface area contributed by atoms with Crippen LogP contribution in [-0.2, 0) is 4.74 Å². The Kier molecular flexibility index (Phi) is 2.53. The molecule has 0 fully saturated rings. The lowest BCUT2D eigenvalue weighted by Crippen LogP contribution is -2.11. The van der Waals surface area contributed by atoms with Gasteiger partial charge >= 0.3 is 5.97 Å². The molecule has 1 aromatic rings. The van der Waals surface area contributed by atoms with Gasteiger partial charge in [0, 0.05) is 0 Å². The highest BCUT2D eigenvalue weighted by Crippen LogP contribution is 2.01. The van der Waals surface area contributed by atoms with E-state index in [9.17, 15) is 4.79 Å². The third kappa shape index (κ3) is 1.67. The average molecular weight is 162 g/mol. The van der Waals surface area contributed by atoms with Crippen molar-refractivity contribution in [2.75, 3.05) is 7.11 Å². The zero-order valence-electron chi connectivity index (χ0n) is 7.55. The van der Waals surface area contributed by atoms with E-state index in [-0.39, 0.29) is 5.97 Å². The molecule has 0 amide bonds. The van der Waals surface area contributed by atoms with E-state index in [1.54, 1.807) is 6.07 Å². The first kappa shape index (κ1) is 8.85. The van der Waals surface area contributed by atoms with Crippen molar-refractivity contribution < 1.29 is 9.53 Å². The second kappa shape index (κ2) is 3.43. The zero-order valence-corrected chi connectivity index (χ0v) is 7.55. The van der Waals surface area contributed by atoms with Crippen molar-refractivity contribution in [2.45, 2.75) is 6.92 Å². The normalized spacial score (nSPS) is 9.50. The molecule has 0 bridgehead atoms. The highest BCUT2D eigenvalue weighted by atomic mass is 16.5. The molecule has 0 aliphatic rings. The topological polar surface area (TPSA) is 26.3 Å². The Hall–Kier alpha value is -1.25. The summed E-state index contributed by atoms with van der Waals surface area (Å²) in [5, 5.41) is 0. The molecule has 0 aliphatic heterocycles. The van der Waals surface area contributed by atoms with Gasteiger partial charge in [0.2, 0.25) is 0 Å². The van der Waals surface area contributed by atoms with E-state index in [1.165, 1.54) is 12.7 Å². The van der Waals surface area contributed by atoms with Gasteiger partial charge in [-0.05, 0) is 13.0 Å². The van der Waals surface area contributed by atoms with Crippen LogP contribution < -0.4 is 5.46 Å². The van der Waals surface area contributed by atoms with Crippen LogP contribution in [0.3, 0.4) is 0 Å². The van der Waals surface area contributed by atoms with Gasteiger partial charge in [0.25, 0.3) is 0 Å². The van der Waals surface area contributed by atoms with Crippen LogP contribution in [0.25, 0.3) is 0 Å². The van der Waals surface area contributed by atoms with E-state index in [2.05, 4.69) is 4.74 Å². The van der Waals surface area contributed by atoms with Gasteiger partial charge in [-0.2, -0.15) is 0 Å². The maximum absolute atomic E-state index is 11.1. The largest absolute Gasteiger partial charge is 0.465 e. The lowest BCUT2D eigenvalue weighted by atomic mass is 9.90. The van der Waals surface area contributed by atoms with Crippen LogP contribution in [0, 0.1) is 6.92 Å². The lowest BCUT2D eigenvalue weighted by Gasteiger charge is -2.02. The number of ether oxygens (including phenoxy) is 1. The predicted molar refractivity (Wildman–Crippen MR) is 50.7 cm³/mol. The number of esters is 1. The number of carbonyl (C=O) groups is 1. The Morgan fingerprint density at radius 2 is 2.17 bits per heavy atom. The minimum atomic E-state index is -0.280. The summed E-state index contributed by atoms with van der Waals surface area (Å²) in [5.41, 5.74) is 2.90. The molecule has 0 heterocycles. The summed E-state index contributed by atoms with van der Waals surface area (Å²) in [6.45, 7) is 2.01. The molecule has 2 nitrogen and oxygen atoms in total. The van der Waals surface area contributed by atoms with Gasteiger partial charge in [-0.1, -0.05) is 23.2 Å². The second-order valence-corrected chi connectivity index (χ2v) is 2.79. The van der Waals surface area contributed by atoms with E-state index < -0.39 is 0 Å². The third-order valence-corrected chi connectivity index (χ3v) is 1.93. The first-order valence-corrected chi connectivity index (χ1v) is 3.80. The summed E-state index contributed by atoms with van der Waals surface area (Å²) in [4.78, 5) is 11.1. The highest BCUT2D eigenvalue weighted by Gasteiger charge is 2.04. The van der Waals surface area contributed by atoms with Gasteiger partial charge in [-0.15, -0.1) is 0 Å². The van der Waals surface area contributed by atoms with Crippen molar-refractivity contribution in [3.8, 4) is 0 Å². The summed E-state index contributed by atoms with van der Waals surface area (Å²) in [7, 11) is 3.36. The Bertz CT molecular complexity index is 307. The second-order valence-electron chi connectivity index (χ2n) is 2.79. The van der Waals surface area contributed by atoms with Gasteiger partial charge in [-0.3, -0.25) is 0 Å². The quantitative estimate of drug-likeness (QED) is 0.430. The van der Waals surface area contributed by atoms with Crippen LogP contribution in [0.15, 0.2) is 18.2 Å². The van der Waals surface area contributed by atoms with Gasteiger partial charge in [0.15, 0.2) is 0 Å². The summed E-state index contributed by atoms with van der Waals surface area (Å²) in [6.07, 6.45) is 0. The number of hydrogen-bond donors (Lipinski definition) is 0. The summed E-state index contributed by atoms with van der Waals surface area (Å²) < 4.78 is 4.59. The molecule has 0 unspecified atom stereocenters. The average Bonchev–Trinajstić information content (AvgIpc) is 2.08. The Morgan fingerprint density at radius 3 is 2.67 bits per heavy atom. The fourth-order valence-corrected chi connectivity index (χ4v) is 0.986. The van der Waals surface area contributed by atoms with Crippen LogP contribution in [0.1, 0.15) is 15.9 Å². The molecule has 1 rings (SSSR count). The molecule has 0 aliphatic carbocycles. The summed E-state index contributed by atoms with van der Waals surface area (Å²) >= 11 is 0. The SMILES string of the molecule is Bc1cc(C(=O)OC)ccc1C. The van der Waals surface area contributed by atoms with Crippen LogP contribution in [-0.4, -0.2) is 20.9 Å². The van der Waals surface area contributed by atoms with Crippen LogP contribution in [0.4, 0.5) is 0 Å². The summed E-state index contributed by atoms with van der Waals surface area (Å²) in [5.74, 6) is -0.280. The van der Waals surface area contributed by atoms with Crippen molar-refractivity contribution in [3.05, 3.63) is 29.3 Å². The fourth-order valence-electron chi connectivity index (χ4n) is 0.986. The standard InChI is InChI=1S/C9H11BO2/c1-6-3-4-7(5-8(6)10)9(11)12-2/h3-5H,10H2,1-2H3. The molecular weight excluding hydrogens is 151 g/mol. The van der Waals surface area contributed by atoms with Gasteiger partial charge in [0.1, 0.15) is 7.85 Å². The first-order valence-electron chi connectivity index (χ1n) is 3.80. The highest BCUT2D eigenvalue weighted by molar-refractivity contribution is 6.33. The molecule has 0 N–H and O–H groups in total. The predicted octanol–water partition coefficient (Wildman–Crippen LogP) is 0.0400. The maximum atomic E-state index is 11.1. The fraction of sp³-hybridized carbons (Fsp3) is 0.222. The molecule has 1 aromatic carbocycles. The Labute approximate surface area is 73.0 Å². The molecule has 0 aromatic heterocycles. The minimum Gasteiger partial charge on any atom is -0.465 e. The van der Waals surface area contributed by atoms with Crippen LogP contribution in [0.2, 0.25) is 0 Å². The summed E-state index contributed by atoms with van der Waals surface area (Å²) in [6, 6.07) is 5.52. The lowest BCUT2D eigenvalue weighted by molar-refractivity contribution is 0.0601. The molecule has 12 heavy (non-hydrogen) atoms. The molecule has 0 atom stereocenters. The number of hydrogen-bond acceptors (Lipinski definition) is 2. The molecule has 0 radical (unpaired) electrons. The Balaban J connectivity index is 3.05. The molecule has 0 spiro atoms. The van der Waals surface area contributed by atoms with Crippen LogP contribution in [0.5, 0.6) is 0 Å². The molecule has 3 heteroatoms. The number of rotatable bonds is 1. The molecule has 0 saturated heterocycles. The van der Waals surface area contributed by atoms with E-state index in [0.717, 1.165) is 5.46 Å². The minimum absolute atomic E-state index is 0.280. The van der Waals surface area contributed by atoms with Crippen molar-refractivity contribution in [1.29, 1.82) is 0 Å². The molecule has 0 saturated carbocycles. The van der Waals surface area contributed by atoms with E-state index in [0.29, 0.717) is 5.56 Å². The molecule has 62 valence electrons. The number of methoxy groups -OCH3 is 1. The van der Waals surface area contributed by atoms with E-state index >= 15 is 0 Å². The van der Waals surface area contributed by atoms with Crippen molar-refractivity contribution in [3.63, 3.8) is 0 Å². The third-order valence-electron chi connectivity index (χ3n) is 1.93. The number of benzene rings is 1. The van der Waals surface area contributed by atoms with Crippen molar-refractivity contribution >= 4 is 19.3 Å². The first-order chi connectivity index (χ1) is 5.65. The van der Waals surface area contributed by atoms with E-state index in [4.69, 9.17) is 0 Å². The molecular formula is C9H11BO2. The van der Waals surface area contributed by atoms with E-state index in [1.807, 2.05) is 26.9 Å².